The van der Waals surface area contributed by atoms with Gasteiger partial charge in [0.15, 0.2) is 0 Å². The Balaban J connectivity index is 1.95. The predicted octanol–water partition coefficient (Wildman–Crippen LogP) is 3.38. The van der Waals surface area contributed by atoms with Crippen molar-refractivity contribution in [3.8, 4) is 0 Å². The molecule has 1 fully saturated rings. The van der Waals surface area contributed by atoms with Crippen molar-refractivity contribution >= 4 is 0 Å². The molecule has 0 amide bonds. The summed E-state index contributed by atoms with van der Waals surface area (Å²) in [5.41, 5.74) is 1.46. The first-order valence-corrected chi connectivity index (χ1v) is 7.76. The van der Waals surface area contributed by atoms with E-state index in [9.17, 15) is 0 Å². The number of hydrogen-bond acceptors (Lipinski definition) is 2. The Labute approximate surface area is 118 Å². The first-order chi connectivity index (χ1) is 9.29. The number of nitrogens with zero attached hydrogens (tertiary/aromatic N) is 2. The second-order valence-electron chi connectivity index (χ2n) is 5.84. The molecule has 0 bridgehead atoms. The van der Waals surface area contributed by atoms with Gasteiger partial charge in [0.05, 0.1) is 0 Å². The monoisotopic (exact) mass is 260 g/mol. The van der Waals surface area contributed by atoms with Gasteiger partial charge < -0.3 is 4.90 Å². The van der Waals surface area contributed by atoms with Crippen LogP contribution in [0.2, 0.25) is 0 Å². The van der Waals surface area contributed by atoms with Crippen LogP contribution in [0.15, 0.2) is 30.3 Å². The summed E-state index contributed by atoms with van der Waals surface area (Å²) in [5.74, 6) is 0. The van der Waals surface area contributed by atoms with Gasteiger partial charge in [0, 0.05) is 12.6 Å². The van der Waals surface area contributed by atoms with Crippen LogP contribution in [-0.2, 0) is 6.54 Å². The van der Waals surface area contributed by atoms with Crippen LogP contribution in [0.3, 0.4) is 0 Å². The van der Waals surface area contributed by atoms with Gasteiger partial charge in [-0.05, 0) is 51.5 Å². The maximum atomic E-state index is 2.71. The van der Waals surface area contributed by atoms with E-state index < -0.39 is 0 Å². The molecule has 0 atom stereocenters. The summed E-state index contributed by atoms with van der Waals surface area (Å²) in [7, 11) is 2.24. The van der Waals surface area contributed by atoms with Crippen molar-refractivity contribution in [2.24, 2.45) is 0 Å². The topological polar surface area (TPSA) is 6.48 Å². The highest BCUT2D eigenvalue weighted by molar-refractivity contribution is 5.14. The molecule has 0 aromatic heterocycles. The lowest BCUT2D eigenvalue weighted by Crippen LogP contribution is -2.43. The number of piperidine rings is 1. The SMILES string of the molecule is CCCCN(Cc1ccccc1)C1CCN(C)CC1. The molecule has 2 nitrogen and oxygen atoms in total. The number of benzene rings is 1. The third-order valence-corrected chi connectivity index (χ3v) is 4.23. The normalized spacial score (nSPS) is 18.1. The summed E-state index contributed by atoms with van der Waals surface area (Å²) in [6, 6.07) is 11.7. The van der Waals surface area contributed by atoms with Crippen molar-refractivity contribution < 1.29 is 0 Å². The Morgan fingerprint density at radius 3 is 2.47 bits per heavy atom. The van der Waals surface area contributed by atoms with Gasteiger partial charge >= 0.3 is 0 Å². The summed E-state index contributed by atoms with van der Waals surface area (Å²) in [4.78, 5) is 5.17. The zero-order chi connectivity index (χ0) is 13.5. The molecule has 19 heavy (non-hydrogen) atoms. The second kappa shape index (κ2) is 7.66. The molecule has 1 saturated heterocycles. The van der Waals surface area contributed by atoms with E-state index in [4.69, 9.17) is 0 Å². The molecule has 1 heterocycles. The van der Waals surface area contributed by atoms with Crippen LogP contribution in [0.4, 0.5) is 0 Å². The van der Waals surface area contributed by atoms with Crippen molar-refractivity contribution in [3.63, 3.8) is 0 Å². The molecule has 0 saturated carbocycles. The van der Waals surface area contributed by atoms with Crippen molar-refractivity contribution in [2.75, 3.05) is 26.7 Å². The van der Waals surface area contributed by atoms with E-state index in [1.54, 1.807) is 0 Å². The standard InChI is InChI=1S/C17H28N2/c1-3-4-12-19(15-16-8-6-5-7-9-16)17-10-13-18(2)14-11-17/h5-9,17H,3-4,10-15H2,1-2H3. The summed E-state index contributed by atoms with van der Waals surface area (Å²) >= 11 is 0. The molecule has 0 unspecified atom stereocenters. The maximum absolute atomic E-state index is 2.71. The van der Waals surface area contributed by atoms with Crippen LogP contribution < -0.4 is 0 Å². The number of unbranched alkanes of at least 4 members (excludes halogenated alkanes) is 1. The van der Waals surface area contributed by atoms with Gasteiger partial charge in [0.1, 0.15) is 0 Å². The predicted molar refractivity (Wildman–Crippen MR) is 82.3 cm³/mol. The van der Waals surface area contributed by atoms with E-state index in [1.807, 2.05) is 0 Å². The summed E-state index contributed by atoms with van der Waals surface area (Å²) < 4.78 is 0. The molecular formula is C17H28N2. The first kappa shape index (κ1) is 14.5. The minimum absolute atomic E-state index is 0.781. The zero-order valence-corrected chi connectivity index (χ0v) is 12.5. The van der Waals surface area contributed by atoms with Gasteiger partial charge in [-0.2, -0.15) is 0 Å². The number of hydrogen-bond donors (Lipinski definition) is 0. The molecule has 1 aliphatic rings. The average molecular weight is 260 g/mol. The van der Waals surface area contributed by atoms with E-state index in [0.717, 1.165) is 12.6 Å². The fourth-order valence-corrected chi connectivity index (χ4v) is 2.93. The van der Waals surface area contributed by atoms with Crippen LogP contribution in [-0.4, -0.2) is 42.5 Å². The Kier molecular flexibility index (Phi) is 5.87. The highest BCUT2D eigenvalue weighted by Crippen LogP contribution is 2.19. The van der Waals surface area contributed by atoms with Crippen LogP contribution in [0.25, 0.3) is 0 Å². The van der Waals surface area contributed by atoms with E-state index >= 15 is 0 Å². The largest absolute Gasteiger partial charge is 0.306 e. The van der Waals surface area contributed by atoms with Gasteiger partial charge in [0.2, 0.25) is 0 Å². The molecule has 1 aliphatic heterocycles. The lowest BCUT2D eigenvalue weighted by atomic mass is 10.0. The minimum Gasteiger partial charge on any atom is -0.306 e. The van der Waals surface area contributed by atoms with Gasteiger partial charge in [-0.1, -0.05) is 43.7 Å². The Morgan fingerprint density at radius 2 is 1.84 bits per heavy atom. The highest BCUT2D eigenvalue weighted by atomic mass is 15.2. The third kappa shape index (κ3) is 4.63. The molecule has 106 valence electrons. The quantitative estimate of drug-likeness (QED) is 0.773. The lowest BCUT2D eigenvalue weighted by Gasteiger charge is -2.37. The van der Waals surface area contributed by atoms with Gasteiger partial charge in [-0.25, -0.2) is 0 Å². The van der Waals surface area contributed by atoms with E-state index in [-0.39, 0.29) is 0 Å². The molecule has 2 heteroatoms. The smallest absolute Gasteiger partial charge is 0.0236 e. The highest BCUT2D eigenvalue weighted by Gasteiger charge is 2.22. The van der Waals surface area contributed by atoms with Crippen LogP contribution in [0, 0.1) is 0 Å². The van der Waals surface area contributed by atoms with Crippen molar-refractivity contribution in [1.82, 2.24) is 9.80 Å². The van der Waals surface area contributed by atoms with Gasteiger partial charge in [-0.3, -0.25) is 4.90 Å². The molecule has 0 N–H and O–H groups in total. The molecule has 1 aromatic rings. The van der Waals surface area contributed by atoms with Crippen molar-refractivity contribution in [2.45, 2.75) is 45.2 Å². The molecule has 2 rings (SSSR count). The molecule has 0 aliphatic carbocycles. The Hall–Kier alpha value is -0.860. The fraction of sp³-hybridized carbons (Fsp3) is 0.647. The molecule has 0 radical (unpaired) electrons. The second-order valence-corrected chi connectivity index (χ2v) is 5.84. The van der Waals surface area contributed by atoms with Crippen molar-refractivity contribution in [1.29, 1.82) is 0 Å². The lowest BCUT2D eigenvalue weighted by molar-refractivity contribution is 0.113. The summed E-state index contributed by atoms with van der Waals surface area (Å²) in [5, 5.41) is 0. The first-order valence-electron chi connectivity index (χ1n) is 7.76. The van der Waals surface area contributed by atoms with E-state index in [1.165, 1.54) is 50.9 Å². The van der Waals surface area contributed by atoms with Crippen LogP contribution in [0.1, 0.15) is 38.2 Å². The van der Waals surface area contributed by atoms with E-state index in [2.05, 4.69) is 54.1 Å². The Bertz CT molecular complexity index is 342. The van der Waals surface area contributed by atoms with E-state index in [0.29, 0.717) is 0 Å². The van der Waals surface area contributed by atoms with Crippen LogP contribution in [0.5, 0.6) is 0 Å². The average Bonchev–Trinajstić information content (AvgIpc) is 2.45. The third-order valence-electron chi connectivity index (χ3n) is 4.23. The maximum Gasteiger partial charge on any atom is 0.0236 e. The van der Waals surface area contributed by atoms with Gasteiger partial charge in [0.25, 0.3) is 0 Å². The van der Waals surface area contributed by atoms with Crippen molar-refractivity contribution in [3.05, 3.63) is 35.9 Å². The van der Waals surface area contributed by atoms with Crippen LogP contribution >= 0.6 is 0 Å². The molecular weight excluding hydrogens is 232 g/mol. The minimum atomic E-state index is 0.781. The summed E-state index contributed by atoms with van der Waals surface area (Å²) in [6.45, 7) is 7.16. The zero-order valence-electron chi connectivity index (χ0n) is 12.5. The molecule has 1 aromatic carbocycles. The fourth-order valence-electron chi connectivity index (χ4n) is 2.93. The number of rotatable bonds is 6. The Morgan fingerprint density at radius 1 is 1.16 bits per heavy atom. The van der Waals surface area contributed by atoms with Gasteiger partial charge in [-0.15, -0.1) is 0 Å². The molecule has 0 spiro atoms. The number of likely N-dealkylation sites (tertiary alicyclic amines) is 1. The summed E-state index contributed by atoms with van der Waals surface area (Å²) in [6.07, 6.45) is 5.26.